The lowest BCUT2D eigenvalue weighted by Gasteiger charge is -2.08. The normalized spacial score (nSPS) is 10.3. The highest BCUT2D eigenvalue weighted by Crippen LogP contribution is 2.16. The fourth-order valence-corrected chi connectivity index (χ4v) is 2.68. The van der Waals surface area contributed by atoms with Crippen molar-refractivity contribution in [3.05, 3.63) is 95.1 Å². The van der Waals surface area contributed by atoms with Crippen molar-refractivity contribution in [2.75, 3.05) is 12.4 Å². The van der Waals surface area contributed by atoms with Crippen LogP contribution in [0.25, 0.3) is 0 Å². The second kappa shape index (κ2) is 8.19. The van der Waals surface area contributed by atoms with Crippen LogP contribution in [0.4, 0.5) is 5.69 Å². The van der Waals surface area contributed by atoms with Crippen LogP contribution >= 0.6 is 0 Å². The van der Waals surface area contributed by atoms with E-state index in [4.69, 9.17) is 0 Å². The molecule has 3 aromatic carbocycles. The van der Waals surface area contributed by atoms with Crippen LogP contribution in [-0.2, 0) is 6.42 Å². The summed E-state index contributed by atoms with van der Waals surface area (Å²) in [6.45, 7) is 0. The van der Waals surface area contributed by atoms with E-state index in [0.717, 1.165) is 17.5 Å². The summed E-state index contributed by atoms with van der Waals surface area (Å²) in [5, 5.41) is 14.7. The Hall–Kier alpha value is -3.60. The molecule has 136 valence electrons. The second-order valence-electron chi connectivity index (χ2n) is 6.15. The van der Waals surface area contributed by atoms with Gasteiger partial charge in [0.15, 0.2) is 0 Å². The van der Waals surface area contributed by atoms with Gasteiger partial charge in [-0.15, -0.1) is 0 Å². The third-order valence-corrected chi connectivity index (χ3v) is 4.19. The standard InChI is InChI=1S/C22H20N2O3/c1-23-21(26)17-6-2-15(3-7-17)14-16-4-10-19(11-5-16)24-22(27)18-8-12-20(25)13-9-18/h2-13,25H,14H2,1H3,(H,23,26)(H,24,27). The Kier molecular flexibility index (Phi) is 5.52. The third-order valence-electron chi connectivity index (χ3n) is 4.19. The first-order valence-corrected chi connectivity index (χ1v) is 8.55. The molecule has 0 saturated carbocycles. The molecule has 0 spiro atoms. The Bertz CT molecular complexity index is 931. The van der Waals surface area contributed by atoms with Gasteiger partial charge in [-0.1, -0.05) is 24.3 Å². The lowest BCUT2D eigenvalue weighted by atomic mass is 10.0. The van der Waals surface area contributed by atoms with Crippen molar-refractivity contribution in [1.82, 2.24) is 5.32 Å². The molecule has 0 unspecified atom stereocenters. The molecule has 5 heteroatoms. The number of benzene rings is 3. The Morgan fingerprint density at radius 1 is 0.741 bits per heavy atom. The highest BCUT2D eigenvalue weighted by atomic mass is 16.3. The minimum Gasteiger partial charge on any atom is -0.508 e. The van der Waals surface area contributed by atoms with Crippen LogP contribution in [0, 0.1) is 0 Å². The van der Waals surface area contributed by atoms with E-state index >= 15 is 0 Å². The van der Waals surface area contributed by atoms with Crippen LogP contribution in [0.5, 0.6) is 5.75 Å². The number of rotatable bonds is 5. The van der Waals surface area contributed by atoms with Gasteiger partial charge in [-0.25, -0.2) is 0 Å². The lowest BCUT2D eigenvalue weighted by molar-refractivity contribution is 0.0962. The molecule has 5 nitrogen and oxygen atoms in total. The number of amides is 2. The molecule has 0 aliphatic rings. The van der Waals surface area contributed by atoms with Gasteiger partial charge < -0.3 is 15.7 Å². The van der Waals surface area contributed by atoms with Crippen molar-refractivity contribution in [1.29, 1.82) is 0 Å². The quantitative estimate of drug-likeness (QED) is 0.651. The zero-order valence-electron chi connectivity index (χ0n) is 14.9. The van der Waals surface area contributed by atoms with Gasteiger partial charge in [0.05, 0.1) is 0 Å². The molecule has 27 heavy (non-hydrogen) atoms. The molecule has 0 aliphatic heterocycles. The fourth-order valence-electron chi connectivity index (χ4n) is 2.68. The van der Waals surface area contributed by atoms with E-state index in [1.165, 1.54) is 12.1 Å². The number of hydrogen-bond acceptors (Lipinski definition) is 3. The monoisotopic (exact) mass is 360 g/mol. The maximum absolute atomic E-state index is 12.2. The van der Waals surface area contributed by atoms with Crippen LogP contribution < -0.4 is 10.6 Å². The summed E-state index contributed by atoms with van der Waals surface area (Å²) in [5.74, 6) is -0.206. The summed E-state index contributed by atoms with van der Waals surface area (Å²) in [6.07, 6.45) is 0.736. The molecule has 0 atom stereocenters. The van der Waals surface area contributed by atoms with Crippen LogP contribution in [0.2, 0.25) is 0 Å². The molecule has 0 heterocycles. The minimum atomic E-state index is -0.229. The highest BCUT2D eigenvalue weighted by Gasteiger charge is 2.07. The average Bonchev–Trinajstić information content (AvgIpc) is 2.70. The Morgan fingerprint density at radius 2 is 1.22 bits per heavy atom. The van der Waals surface area contributed by atoms with Crippen molar-refractivity contribution in [3.63, 3.8) is 0 Å². The van der Waals surface area contributed by atoms with Crippen LogP contribution in [0.1, 0.15) is 31.8 Å². The largest absolute Gasteiger partial charge is 0.508 e. The number of phenolic OH excluding ortho intramolecular Hbond substituents is 1. The van der Waals surface area contributed by atoms with E-state index in [1.807, 2.05) is 36.4 Å². The summed E-state index contributed by atoms with van der Waals surface area (Å²) in [7, 11) is 1.61. The summed E-state index contributed by atoms with van der Waals surface area (Å²) < 4.78 is 0. The third kappa shape index (κ3) is 4.73. The number of carbonyl (C=O) groups is 2. The Balaban J connectivity index is 1.62. The van der Waals surface area contributed by atoms with Gasteiger partial charge >= 0.3 is 0 Å². The molecule has 2 amide bonds. The number of aromatic hydroxyl groups is 1. The van der Waals surface area contributed by atoms with Gasteiger partial charge in [-0.05, 0) is 66.1 Å². The van der Waals surface area contributed by atoms with Gasteiger partial charge in [0.25, 0.3) is 11.8 Å². The summed E-state index contributed by atoms with van der Waals surface area (Å²) >= 11 is 0. The van der Waals surface area contributed by atoms with E-state index in [0.29, 0.717) is 16.8 Å². The molecular formula is C22H20N2O3. The SMILES string of the molecule is CNC(=O)c1ccc(Cc2ccc(NC(=O)c3ccc(O)cc3)cc2)cc1. The van der Waals surface area contributed by atoms with Gasteiger partial charge in [-0.2, -0.15) is 0 Å². The van der Waals surface area contributed by atoms with E-state index in [1.54, 1.807) is 31.3 Å². The maximum Gasteiger partial charge on any atom is 0.255 e. The lowest BCUT2D eigenvalue weighted by Crippen LogP contribution is -2.17. The van der Waals surface area contributed by atoms with E-state index in [9.17, 15) is 14.7 Å². The predicted octanol–water partition coefficient (Wildman–Crippen LogP) is 3.59. The van der Waals surface area contributed by atoms with Crippen LogP contribution in [0.15, 0.2) is 72.8 Å². The summed E-state index contributed by atoms with van der Waals surface area (Å²) in [6, 6.07) is 21.2. The number of anilines is 1. The molecule has 3 N–H and O–H groups in total. The first-order valence-electron chi connectivity index (χ1n) is 8.55. The summed E-state index contributed by atoms with van der Waals surface area (Å²) in [4.78, 5) is 23.8. The molecule has 0 aliphatic carbocycles. The zero-order valence-corrected chi connectivity index (χ0v) is 14.9. The Labute approximate surface area is 157 Å². The van der Waals surface area contributed by atoms with E-state index < -0.39 is 0 Å². The van der Waals surface area contributed by atoms with Gasteiger partial charge in [-0.3, -0.25) is 9.59 Å². The van der Waals surface area contributed by atoms with Gasteiger partial charge in [0.1, 0.15) is 5.75 Å². The van der Waals surface area contributed by atoms with Crippen LogP contribution in [-0.4, -0.2) is 24.0 Å². The first kappa shape index (κ1) is 18.2. The molecule has 0 fully saturated rings. The Morgan fingerprint density at radius 3 is 1.78 bits per heavy atom. The highest BCUT2D eigenvalue weighted by molar-refractivity contribution is 6.04. The van der Waals surface area contributed by atoms with E-state index in [2.05, 4.69) is 10.6 Å². The minimum absolute atomic E-state index is 0.102. The molecule has 3 aromatic rings. The van der Waals surface area contributed by atoms with Crippen molar-refractivity contribution < 1.29 is 14.7 Å². The number of nitrogens with one attached hydrogen (secondary N) is 2. The fraction of sp³-hybridized carbons (Fsp3) is 0.0909. The number of hydrogen-bond donors (Lipinski definition) is 3. The zero-order chi connectivity index (χ0) is 19.2. The van der Waals surface area contributed by atoms with Crippen molar-refractivity contribution in [2.24, 2.45) is 0 Å². The summed E-state index contributed by atoms with van der Waals surface area (Å²) in [5.41, 5.74) is 4.02. The molecule has 0 radical (unpaired) electrons. The van der Waals surface area contributed by atoms with Crippen molar-refractivity contribution >= 4 is 17.5 Å². The molecular weight excluding hydrogens is 340 g/mol. The molecule has 0 bridgehead atoms. The predicted molar refractivity (Wildman–Crippen MR) is 105 cm³/mol. The van der Waals surface area contributed by atoms with Gasteiger partial charge in [0, 0.05) is 23.9 Å². The van der Waals surface area contributed by atoms with Gasteiger partial charge in [0.2, 0.25) is 0 Å². The van der Waals surface area contributed by atoms with Crippen LogP contribution in [0.3, 0.4) is 0 Å². The first-order chi connectivity index (χ1) is 13.0. The average molecular weight is 360 g/mol. The number of phenols is 1. The smallest absolute Gasteiger partial charge is 0.255 e. The second-order valence-corrected chi connectivity index (χ2v) is 6.15. The van der Waals surface area contributed by atoms with Crippen molar-refractivity contribution in [2.45, 2.75) is 6.42 Å². The van der Waals surface area contributed by atoms with E-state index in [-0.39, 0.29) is 17.6 Å². The number of carbonyl (C=O) groups excluding carboxylic acids is 2. The molecule has 0 saturated heterocycles. The topological polar surface area (TPSA) is 78.4 Å². The van der Waals surface area contributed by atoms with Crippen molar-refractivity contribution in [3.8, 4) is 5.75 Å². The molecule has 3 rings (SSSR count). The molecule has 0 aromatic heterocycles. The maximum atomic E-state index is 12.2.